The molecular formula is C17H14Cl2O. The Hall–Kier alpha value is -1.62. The first-order valence-corrected chi connectivity index (χ1v) is 7.22. The normalized spacial score (nSPS) is 9.70. The highest BCUT2D eigenvalue weighted by molar-refractivity contribution is 6.31. The van der Waals surface area contributed by atoms with Crippen LogP contribution in [-0.2, 0) is 6.61 Å². The molecule has 0 fully saturated rings. The summed E-state index contributed by atoms with van der Waals surface area (Å²) in [7, 11) is 0. The van der Waals surface area contributed by atoms with Crippen LogP contribution >= 0.6 is 23.2 Å². The van der Waals surface area contributed by atoms with Crippen molar-refractivity contribution in [3.63, 3.8) is 0 Å². The van der Waals surface area contributed by atoms with Crippen LogP contribution in [0.25, 0.3) is 0 Å². The molecule has 0 radical (unpaired) electrons. The number of para-hydroxylation sites is 1. The third-order valence-electron chi connectivity index (χ3n) is 2.67. The quantitative estimate of drug-likeness (QED) is 0.576. The van der Waals surface area contributed by atoms with Crippen molar-refractivity contribution in [3.8, 4) is 17.6 Å². The zero-order chi connectivity index (χ0) is 14.2. The molecule has 0 spiro atoms. The summed E-state index contributed by atoms with van der Waals surface area (Å²) in [5.41, 5.74) is 1.82. The fraction of sp³-hybridized carbons (Fsp3) is 0.176. The van der Waals surface area contributed by atoms with Crippen molar-refractivity contribution in [2.75, 3.05) is 5.88 Å². The van der Waals surface area contributed by atoms with E-state index in [-0.39, 0.29) is 0 Å². The van der Waals surface area contributed by atoms with Crippen molar-refractivity contribution in [1.82, 2.24) is 0 Å². The SMILES string of the molecule is ClCCC#Cc1ccccc1OCc1ccccc1Cl. The van der Waals surface area contributed by atoms with E-state index in [1.54, 1.807) is 0 Å². The van der Waals surface area contributed by atoms with E-state index in [0.29, 0.717) is 23.9 Å². The number of alkyl halides is 1. The average molecular weight is 305 g/mol. The largest absolute Gasteiger partial charge is 0.488 e. The monoisotopic (exact) mass is 304 g/mol. The highest BCUT2D eigenvalue weighted by Crippen LogP contribution is 2.21. The fourth-order valence-electron chi connectivity index (χ4n) is 1.67. The average Bonchev–Trinajstić information content (AvgIpc) is 2.48. The lowest BCUT2D eigenvalue weighted by Crippen LogP contribution is -1.97. The van der Waals surface area contributed by atoms with E-state index in [1.165, 1.54) is 0 Å². The minimum absolute atomic E-state index is 0.424. The van der Waals surface area contributed by atoms with Crippen molar-refractivity contribution < 1.29 is 4.74 Å². The number of benzene rings is 2. The molecule has 0 N–H and O–H groups in total. The van der Waals surface area contributed by atoms with Gasteiger partial charge in [-0.2, -0.15) is 0 Å². The summed E-state index contributed by atoms with van der Waals surface area (Å²) in [6, 6.07) is 15.3. The Labute approximate surface area is 129 Å². The van der Waals surface area contributed by atoms with Gasteiger partial charge in [0.1, 0.15) is 12.4 Å². The molecule has 0 saturated carbocycles. The van der Waals surface area contributed by atoms with Gasteiger partial charge in [-0.25, -0.2) is 0 Å². The highest BCUT2D eigenvalue weighted by atomic mass is 35.5. The molecule has 0 aliphatic carbocycles. The van der Waals surface area contributed by atoms with E-state index < -0.39 is 0 Å². The van der Waals surface area contributed by atoms with Crippen molar-refractivity contribution >= 4 is 23.2 Å². The van der Waals surface area contributed by atoms with Gasteiger partial charge >= 0.3 is 0 Å². The van der Waals surface area contributed by atoms with Gasteiger partial charge in [-0.15, -0.1) is 11.6 Å². The van der Waals surface area contributed by atoms with E-state index in [1.807, 2.05) is 48.5 Å². The van der Waals surface area contributed by atoms with Crippen molar-refractivity contribution in [3.05, 3.63) is 64.7 Å². The van der Waals surface area contributed by atoms with Gasteiger partial charge < -0.3 is 4.74 Å². The number of rotatable bonds is 4. The van der Waals surface area contributed by atoms with Gasteiger partial charge in [-0.1, -0.05) is 53.8 Å². The number of hydrogen-bond donors (Lipinski definition) is 0. The molecule has 1 nitrogen and oxygen atoms in total. The van der Waals surface area contributed by atoms with E-state index in [4.69, 9.17) is 27.9 Å². The van der Waals surface area contributed by atoms with Crippen LogP contribution in [0.3, 0.4) is 0 Å². The second kappa shape index (κ2) is 7.85. The molecule has 0 atom stereocenters. The molecule has 0 aromatic heterocycles. The van der Waals surface area contributed by atoms with Crippen molar-refractivity contribution in [2.45, 2.75) is 13.0 Å². The van der Waals surface area contributed by atoms with Gasteiger partial charge in [-0.05, 0) is 18.2 Å². The Morgan fingerprint density at radius 2 is 1.75 bits per heavy atom. The first-order chi connectivity index (χ1) is 9.81. The molecule has 0 unspecified atom stereocenters. The van der Waals surface area contributed by atoms with Crippen LogP contribution in [0.15, 0.2) is 48.5 Å². The number of hydrogen-bond acceptors (Lipinski definition) is 1. The Morgan fingerprint density at radius 3 is 2.55 bits per heavy atom. The Kier molecular flexibility index (Phi) is 5.80. The van der Waals surface area contributed by atoms with Gasteiger partial charge in [0.05, 0.1) is 5.56 Å². The topological polar surface area (TPSA) is 9.23 Å². The van der Waals surface area contributed by atoms with Crippen molar-refractivity contribution in [1.29, 1.82) is 0 Å². The van der Waals surface area contributed by atoms with E-state index in [2.05, 4.69) is 11.8 Å². The molecule has 3 heteroatoms. The minimum atomic E-state index is 0.424. The Bertz CT molecular complexity index is 626. The zero-order valence-electron chi connectivity index (χ0n) is 10.9. The van der Waals surface area contributed by atoms with Crippen LogP contribution in [0.2, 0.25) is 5.02 Å². The lowest BCUT2D eigenvalue weighted by Gasteiger charge is -2.09. The van der Waals surface area contributed by atoms with Gasteiger partial charge in [-0.3, -0.25) is 0 Å². The molecule has 2 aromatic rings. The highest BCUT2D eigenvalue weighted by Gasteiger charge is 2.03. The van der Waals surface area contributed by atoms with Crippen LogP contribution in [0.5, 0.6) is 5.75 Å². The summed E-state index contributed by atoms with van der Waals surface area (Å²) in [6.07, 6.45) is 0.667. The molecule has 20 heavy (non-hydrogen) atoms. The Morgan fingerprint density at radius 1 is 1.00 bits per heavy atom. The molecule has 0 bridgehead atoms. The molecule has 2 rings (SSSR count). The summed E-state index contributed by atoms with van der Waals surface area (Å²) in [6.45, 7) is 0.424. The fourth-order valence-corrected chi connectivity index (χ4v) is 1.96. The molecule has 0 heterocycles. The summed E-state index contributed by atoms with van der Waals surface area (Å²) in [5.74, 6) is 7.38. The van der Waals surface area contributed by atoms with Gasteiger partial charge in [0.25, 0.3) is 0 Å². The van der Waals surface area contributed by atoms with Crippen LogP contribution in [-0.4, -0.2) is 5.88 Å². The minimum Gasteiger partial charge on any atom is -0.488 e. The molecule has 0 saturated heterocycles. The molecule has 0 amide bonds. The van der Waals surface area contributed by atoms with E-state index in [0.717, 1.165) is 16.9 Å². The predicted molar refractivity (Wildman–Crippen MR) is 84.4 cm³/mol. The lowest BCUT2D eigenvalue weighted by molar-refractivity contribution is 0.305. The molecule has 2 aromatic carbocycles. The smallest absolute Gasteiger partial charge is 0.135 e. The van der Waals surface area contributed by atoms with Crippen LogP contribution in [0.4, 0.5) is 0 Å². The third-order valence-corrected chi connectivity index (χ3v) is 3.23. The second-order valence-corrected chi connectivity index (χ2v) is 4.90. The first kappa shape index (κ1) is 14.8. The maximum absolute atomic E-state index is 6.11. The van der Waals surface area contributed by atoms with E-state index in [9.17, 15) is 0 Å². The van der Waals surface area contributed by atoms with Crippen LogP contribution in [0, 0.1) is 11.8 Å². The van der Waals surface area contributed by atoms with E-state index >= 15 is 0 Å². The predicted octanol–water partition coefficient (Wildman–Crippen LogP) is 4.90. The first-order valence-electron chi connectivity index (χ1n) is 6.31. The summed E-state index contributed by atoms with van der Waals surface area (Å²) in [4.78, 5) is 0. The number of halogens is 2. The second-order valence-electron chi connectivity index (χ2n) is 4.12. The molecule has 0 aliphatic heterocycles. The van der Waals surface area contributed by atoms with Gasteiger partial charge in [0.15, 0.2) is 0 Å². The summed E-state index contributed by atoms with van der Waals surface area (Å²) in [5, 5.41) is 0.707. The number of ether oxygens (including phenoxy) is 1. The lowest BCUT2D eigenvalue weighted by atomic mass is 10.2. The summed E-state index contributed by atoms with van der Waals surface area (Å²) < 4.78 is 5.81. The third kappa shape index (κ3) is 4.20. The van der Waals surface area contributed by atoms with Crippen LogP contribution < -0.4 is 4.74 Å². The Balaban J connectivity index is 2.10. The maximum Gasteiger partial charge on any atom is 0.135 e. The summed E-state index contributed by atoms with van der Waals surface area (Å²) >= 11 is 11.7. The zero-order valence-corrected chi connectivity index (χ0v) is 12.4. The van der Waals surface area contributed by atoms with Crippen molar-refractivity contribution in [2.24, 2.45) is 0 Å². The van der Waals surface area contributed by atoms with Gasteiger partial charge in [0, 0.05) is 22.9 Å². The van der Waals surface area contributed by atoms with Gasteiger partial charge in [0.2, 0.25) is 0 Å². The molecule has 102 valence electrons. The molecule has 0 aliphatic rings. The van der Waals surface area contributed by atoms with Crippen LogP contribution in [0.1, 0.15) is 17.5 Å². The standard InChI is InChI=1S/C17H14Cl2O/c18-12-6-5-8-14-7-2-4-11-17(14)20-13-15-9-1-3-10-16(15)19/h1-4,7,9-11H,6,12-13H2. The maximum atomic E-state index is 6.11. The molecular weight excluding hydrogens is 291 g/mol.